The third-order valence-electron chi connectivity index (χ3n) is 4.10. The molecule has 1 aliphatic heterocycles. The summed E-state index contributed by atoms with van der Waals surface area (Å²) < 4.78 is 38.1. The Hall–Kier alpha value is -2.13. The van der Waals surface area contributed by atoms with Crippen molar-refractivity contribution in [3.05, 3.63) is 35.4 Å². The third-order valence-corrected chi connectivity index (χ3v) is 4.10. The lowest BCUT2D eigenvalue weighted by Gasteiger charge is -2.34. The lowest BCUT2D eigenvalue weighted by molar-refractivity contribution is -0.137. The van der Waals surface area contributed by atoms with Gasteiger partial charge in [0.2, 0.25) is 11.8 Å². The van der Waals surface area contributed by atoms with Crippen LogP contribution >= 0.6 is 0 Å². The van der Waals surface area contributed by atoms with Crippen molar-refractivity contribution in [3.63, 3.8) is 0 Å². The maximum Gasteiger partial charge on any atom is 0.416 e. The van der Waals surface area contributed by atoms with Gasteiger partial charge in [0.1, 0.15) is 0 Å². The number of hydrogen-bond donors (Lipinski definition) is 4. The highest BCUT2D eigenvalue weighted by molar-refractivity contribution is 5.89. The Morgan fingerprint density at radius 3 is 2.31 bits per heavy atom. The van der Waals surface area contributed by atoms with Crippen LogP contribution in [0.15, 0.2) is 24.3 Å². The zero-order chi connectivity index (χ0) is 19.7. The molecule has 26 heavy (non-hydrogen) atoms. The summed E-state index contributed by atoms with van der Waals surface area (Å²) in [5, 5.41) is 18.5. The van der Waals surface area contributed by atoms with Gasteiger partial charge in [0.05, 0.1) is 35.8 Å². The zero-order valence-corrected chi connectivity index (χ0v) is 14.6. The smallest absolute Gasteiger partial charge is 0.388 e. The van der Waals surface area contributed by atoms with Crippen LogP contribution in [0, 0.1) is 0 Å². The number of aliphatic hydroxyl groups is 1. The lowest BCUT2D eigenvalue weighted by atomic mass is 9.90. The van der Waals surface area contributed by atoms with Gasteiger partial charge in [-0.2, -0.15) is 13.2 Å². The monoisotopic (exact) mass is 373 g/mol. The molecular formula is C17H22F3N3O3. The molecule has 0 saturated carbocycles. The first-order chi connectivity index (χ1) is 11.9. The number of alkyl halides is 3. The molecule has 3 unspecified atom stereocenters. The Morgan fingerprint density at radius 2 is 1.85 bits per heavy atom. The summed E-state index contributed by atoms with van der Waals surface area (Å²) >= 11 is 0. The molecule has 1 saturated heterocycles. The minimum atomic E-state index is -4.47. The molecule has 1 aliphatic rings. The van der Waals surface area contributed by atoms with Crippen LogP contribution in [0.4, 0.5) is 13.2 Å². The summed E-state index contributed by atoms with van der Waals surface area (Å²) in [7, 11) is 0. The average Bonchev–Trinajstić information content (AvgIpc) is 2.49. The SMILES string of the molecule is CC1NC(=O)CC(C(=O)NC(c2ccc(C(F)(F)F)cc2)C(C)(C)O)N1. The summed E-state index contributed by atoms with van der Waals surface area (Å²) in [6, 6.07) is 2.49. The van der Waals surface area contributed by atoms with Crippen LogP contribution < -0.4 is 16.0 Å². The Kier molecular flexibility index (Phi) is 5.62. The van der Waals surface area contributed by atoms with Crippen molar-refractivity contribution in [2.24, 2.45) is 0 Å². The number of hydrogen-bond acceptors (Lipinski definition) is 4. The predicted octanol–water partition coefficient (Wildman–Crippen LogP) is 1.46. The number of amides is 2. The van der Waals surface area contributed by atoms with E-state index in [1.807, 2.05) is 0 Å². The second kappa shape index (κ2) is 7.24. The molecule has 0 aromatic heterocycles. The first-order valence-electron chi connectivity index (χ1n) is 8.13. The van der Waals surface area contributed by atoms with Crippen LogP contribution in [0.1, 0.15) is 44.4 Å². The fraction of sp³-hybridized carbons (Fsp3) is 0.529. The van der Waals surface area contributed by atoms with Crippen molar-refractivity contribution in [2.75, 3.05) is 0 Å². The molecule has 1 heterocycles. The number of rotatable bonds is 4. The molecule has 6 nitrogen and oxygen atoms in total. The second-order valence-corrected chi connectivity index (χ2v) is 6.93. The van der Waals surface area contributed by atoms with Crippen LogP contribution in [-0.4, -0.2) is 34.7 Å². The van der Waals surface area contributed by atoms with Gasteiger partial charge in [0.15, 0.2) is 0 Å². The highest BCUT2D eigenvalue weighted by Crippen LogP contribution is 2.32. The van der Waals surface area contributed by atoms with Crippen molar-refractivity contribution in [1.29, 1.82) is 0 Å². The first-order valence-corrected chi connectivity index (χ1v) is 8.13. The minimum Gasteiger partial charge on any atom is -0.388 e. The van der Waals surface area contributed by atoms with E-state index < -0.39 is 41.5 Å². The summed E-state index contributed by atoms with van der Waals surface area (Å²) in [4.78, 5) is 24.1. The first kappa shape index (κ1) is 20.2. The Labute approximate surface area is 149 Å². The van der Waals surface area contributed by atoms with E-state index in [2.05, 4.69) is 16.0 Å². The molecule has 1 fully saturated rings. The van der Waals surface area contributed by atoms with Gasteiger partial charge < -0.3 is 15.7 Å². The third kappa shape index (κ3) is 4.95. The zero-order valence-electron chi connectivity index (χ0n) is 14.6. The van der Waals surface area contributed by atoms with Gasteiger partial charge in [-0.15, -0.1) is 0 Å². The molecule has 0 aliphatic carbocycles. The molecule has 2 amide bonds. The topological polar surface area (TPSA) is 90.5 Å². The van der Waals surface area contributed by atoms with E-state index in [-0.39, 0.29) is 12.3 Å². The van der Waals surface area contributed by atoms with E-state index in [0.717, 1.165) is 12.1 Å². The number of carbonyl (C=O) groups excluding carboxylic acids is 2. The van der Waals surface area contributed by atoms with Crippen molar-refractivity contribution in [2.45, 2.75) is 57.2 Å². The van der Waals surface area contributed by atoms with Gasteiger partial charge >= 0.3 is 6.18 Å². The highest BCUT2D eigenvalue weighted by Gasteiger charge is 2.36. The van der Waals surface area contributed by atoms with Gasteiger partial charge in [-0.1, -0.05) is 12.1 Å². The van der Waals surface area contributed by atoms with Crippen molar-refractivity contribution in [3.8, 4) is 0 Å². The van der Waals surface area contributed by atoms with Gasteiger partial charge in [-0.3, -0.25) is 14.9 Å². The maximum absolute atomic E-state index is 12.7. The predicted molar refractivity (Wildman–Crippen MR) is 87.8 cm³/mol. The molecule has 1 aromatic rings. The van der Waals surface area contributed by atoms with Crippen molar-refractivity contribution in [1.82, 2.24) is 16.0 Å². The van der Waals surface area contributed by atoms with Crippen LogP contribution in [0.5, 0.6) is 0 Å². The van der Waals surface area contributed by atoms with E-state index in [0.29, 0.717) is 5.56 Å². The summed E-state index contributed by atoms with van der Waals surface area (Å²) in [6.07, 6.45) is -4.93. The standard InChI is InChI=1S/C17H22F3N3O3/c1-9-21-12(8-13(24)22-9)15(25)23-14(16(2,3)26)10-4-6-11(7-5-10)17(18,19)20/h4-7,9,12,14,21,26H,8H2,1-3H3,(H,22,24)(H,23,25). The molecule has 0 bridgehead atoms. The highest BCUT2D eigenvalue weighted by atomic mass is 19.4. The van der Waals surface area contributed by atoms with Gasteiger partial charge in [0.25, 0.3) is 0 Å². The molecule has 9 heteroatoms. The molecule has 4 N–H and O–H groups in total. The molecule has 0 radical (unpaired) electrons. The summed E-state index contributed by atoms with van der Waals surface area (Å²) in [5.41, 5.74) is -1.92. The summed E-state index contributed by atoms with van der Waals surface area (Å²) in [5.74, 6) is -0.801. The van der Waals surface area contributed by atoms with Gasteiger partial charge in [0, 0.05) is 0 Å². The van der Waals surface area contributed by atoms with Gasteiger partial charge in [-0.05, 0) is 38.5 Å². The summed E-state index contributed by atoms with van der Waals surface area (Å²) in [6.45, 7) is 4.57. The Bertz CT molecular complexity index is 669. The largest absolute Gasteiger partial charge is 0.416 e. The lowest BCUT2D eigenvalue weighted by Crippen LogP contribution is -2.60. The molecule has 2 rings (SSSR count). The molecule has 0 spiro atoms. The van der Waals surface area contributed by atoms with E-state index in [1.54, 1.807) is 6.92 Å². The fourth-order valence-electron chi connectivity index (χ4n) is 2.83. The quantitative estimate of drug-likeness (QED) is 0.643. The average molecular weight is 373 g/mol. The normalized spacial score (nSPS) is 22.5. The molecule has 3 atom stereocenters. The number of benzene rings is 1. The molecular weight excluding hydrogens is 351 g/mol. The van der Waals surface area contributed by atoms with Crippen molar-refractivity contribution >= 4 is 11.8 Å². The van der Waals surface area contributed by atoms with Crippen LogP contribution in [0.3, 0.4) is 0 Å². The second-order valence-electron chi connectivity index (χ2n) is 6.93. The molecule has 1 aromatic carbocycles. The Balaban J connectivity index is 2.20. The van der Waals surface area contributed by atoms with Crippen LogP contribution in [0.25, 0.3) is 0 Å². The van der Waals surface area contributed by atoms with E-state index in [9.17, 15) is 27.9 Å². The Morgan fingerprint density at radius 1 is 1.27 bits per heavy atom. The van der Waals surface area contributed by atoms with E-state index >= 15 is 0 Å². The van der Waals surface area contributed by atoms with Crippen LogP contribution in [-0.2, 0) is 15.8 Å². The number of nitrogens with one attached hydrogen (secondary N) is 3. The van der Waals surface area contributed by atoms with Gasteiger partial charge in [-0.25, -0.2) is 0 Å². The van der Waals surface area contributed by atoms with E-state index in [4.69, 9.17) is 0 Å². The van der Waals surface area contributed by atoms with Crippen molar-refractivity contribution < 1.29 is 27.9 Å². The minimum absolute atomic E-state index is 0.0677. The van der Waals surface area contributed by atoms with E-state index in [1.165, 1.54) is 26.0 Å². The molecule has 144 valence electrons. The maximum atomic E-state index is 12.7. The van der Waals surface area contributed by atoms with Crippen LogP contribution in [0.2, 0.25) is 0 Å². The number of carbonyl (C=O) groups is 2. The number of halogens is 3. The fourth-order valence-corrected chi connectivity index (χ4v) is 2.83.